The number of hydrogen-bond donors (Lipinski definition) is 0. The number of nitrogens with zero attached hydrogens (tertiary/aromatic N) is 1. The van der Waals surface area contributed by atoms with Crippen molar-refractivity contribution in [2.24, 2.45) is 0 Å². The number of carbonyl (C=O) groups is 2. The van der Waals surface area contributed by atoms with Gasteiger partial charge in [0.2, 0.25) is 0 Å². The molecule has 0 saturated carbocycles. The van der Waals surface area contributed by atoms with Crippen molar-refractivity contribution in [1.29, 1.82) is 0 Å². The molecule has 1 amide bonds. The lowest BCUT2D eigenvalue weighted by Gasteiger charge is -2.26. The van der Waals surface area contributed by atoms with Gasteiger partial charge in [-0.1, -0.05) is 0 Å². The molecule has 0 rings (SSSR count). The second kappa shape index (κ2) is 5.61. The zero-order valence-electron chi connectivity index (χ0n) is 8.65. The van der Waals surface area contributed by atoms with Gasteiger partial charge in [-0.15, -0.1) is 11.6 Å². The number of carbonyl (C=O) groups excluding carboxylic acids is 2. The number of ketones is 1. The van der Waals surface area contributed by atoms with Crippen molar-refractivity contribution in [3.63, 3.8) is 0 Å². The number of Topliss-reactive ketones (excluding diaryl/α,β-unsaturated/α-hetero) is 1. The van der Waals surface area contributed by atoms with Crippen LogP contribution in [-0.2, 0) is 9.59 Å². The van der Waals surface area contributed by atoms with Crippen molar-refractivity contribution in [2.45, 2.75) is 19.0 Å². The molecule has 0 heterocycles. The zero-order valence-corrected chi connectivity index (χ0v) is 9.41. The van der Waals surface area contributed by atoms with Crippen LogP contribution in [-0.4, -0.2) is 47.7 Å². The van der Waals surface area contributed by atoms with E-state index in [1.165, 1.54) is 6.92 Å². The molecule has 17 heavy (non-hydrogen) atoms. The fraction of sp³-hybridized carbons (Fsp3) is 0.750. The van der Waals surface area contributed by atoms with Gasteiger partial charge in [0.25, 0.3) is 0 Å². The van der Waals surface area contributed by atoms with Crippen LogP contribution >= 0.6 is 11.6 Å². The van der Waals surface area contributed by atoms with Gasteiger partial charge in [0.1, 0.15) is 0 Å². The first-order valence-corrected chi connectivity index (χ1v) is 4.93. The maximum atomic E-state index is 12.7. The van der Waals surface area contributed by atoms with Crippen LogP contribution < -0.4 is 0 Å². The summed E-state index contributed by atoms with van der Waals surface area (Å²) >= 11 is 5.06. The van der Waals surface area contributed by atoms with E-state index in [4.69, 9.17) is 11.6 Å². The Morgan fingerprint density at radius 2 is 1.65 bits per heavy atom. The minimum Gasteiger partial charge on any atom is -0.330 e. The van der Waals surface area contributed by atoms with E-state index < -0.39 is 42.8 Å². The molecule has 0 aromatic carbocycles. The normalized spacial score (nSPS) is 12.4. The first-order valence-electron chi connectivity index (χ1n) is 4.39. The van der Waals surface area contributed by atoms with E-state index in [0.29, 0.717) is 0 Å². The lowest BCUT2D eigenvalue weighted by molar-refractivity contribution is -0.274. The number of amides is 1. The molecule has 0 spiro atoms. The second-order valence-electron chi connectivity index (χ2n) is 3.06. The van der Waals surface area contributed by atoms with Crippen molar-refractivity contribution in [2.75, 3.05) is 19.0 Å². The second-order valence-corrected chi connectivity index (χ2v) is 3.33. The van der Waals surface area contributed by atoms with E-state index in [2.05, 4.69) is 0 Å². The molecular formula is C8H9ClF5NO2. The molecule has 0 saturated heterocycles. The van der Waals surface area contributed by atoms with E-state index >= 15 is 0 Å². The van der Waals surface area contributed by atoms with Crippen molar-refractivity contribution in [1.82, 2.24) is 4.90 Å². The van der Waals surface area contributed by atoms with E-state index in [9.17, 15) is 31.5 Å². The molecule has 0 N–H and O–H groups in total. The first kappa shape index (κ1) is 16.1. The SMILES string of the molecule is CCN(CC(=O)CCl)C(=O)C(F)(F)C(F)(F)F. The third kappa shape index (κ3) is 3.79. The third-order valence-electron chi connectivity index (χ3n) is 1.81. The molecule has 0 unspecified atom stereocenters. The lowest BCUT2D eigenvalue weighted by Crippen LogP contribution is -2.53. The van der Waals surface area contributed by atoms with Gasteiger partial charge < -0.3 is 4.90 Å². The summed E-state index contributed by atoms with van der Waals surface area (Å²) in [7, 11) is 0. The molecule has 0 radical (unpaired) electrons. The summed E-state index contributed by atoms with van der Waals surface area (Å²) in [4.78, 5) is 21.9. The Morgan fingerprint density at radius 3 is 1.94 bits per heavy atom. The lowest BCUT2D eigenvalue weighted by atomic mass is 10.2. The van der Waals surface area contributed by atoms with Gasteiger partial charge in [-0.05, 0) is 6.92 Å². The van der Waals surface area contributed by atoms with Gasteiger partial charge in [-0.25, -0.2) is 0 Å². The van der Waals surface area contributed by atoms with Gasteiger partial charge >= 0.3 is 18.0 Å². The quantitative estimate of drug-likeness (QED) is 0.570. The van der Waals surface area contributed by atoms with Gasteiger partial charge in [0.15, 0.2) is 5.78 Å². The molecule has 0 atom stereocenters. The summed E-state index contributed by atoms with van der Waals surface area (Å²) in [6.07, 6.45) is -5.98. The highest BCUT2D eigenvalue weighted by atomic mass is 35.5. The van der Waals surface area contributed by atoms with Crippen LogP contribution in [0.5, 0.6) is 0 Å². The monoisotopic (exact) mass is 281 g/mol. The minimum absolute atomic E-state index is 0.109. The molecule has 0 bridgehead atoms. The Morgan fingerprint density at radius 1 is 1.18 bits per heavy atom. The molecule has 0 aliphatic rings. The average Bonchev–Trinajstić information content (AvgIpc) is 2.22. The van der Waals surface area contributed by atoms with Crippen molar-refractivity contribution in [3.05, 3.63) is 0 Å². The largest absolute Gasteiger partial charge is 0.463 e. The summed E-state index contributed by atoms with van der Waals surface area (Å²) in [5, 5.41) is 0. The van der Waals surface area contributed by atoms with Crippen molar-refractivity contribution < 1.29 is 31.5 Å². The number of hydrogen-bond acceptors (Lipinski definition) is 2. The highest BCUT2D eigenvalue weighted by molar-refractivity contribution is 6.28. The van der Waals surface area contributed by atoms with Crippen LogP contribution in [0.4, 0.5) is 22.0 Å². The van der Waals surface area contributed by atoms with Crippen molar-refractivity contribution >= 4 is 23.3 Å². The Hall–Kier alpha value is -0.920. The number of rotatable bonds is 5. The smallest absolute Gasteiger partial charge is 0.330 e. The molecule has 0 aliphatic heterocycles. The van der Waals surface area contributed by atoms with Crippen molar-refractivity contribution in [3.8, 4) is 0 Å². The highest BCUT2D eigenvalue weighted by Gasteiger charge is 2.64. The third-order valence-corrected chi connectivity index (χ3v) is 2.11. The molecular weight excluding hydrogens is 273 g/mol. The van der Waals surface area contributed by atoms with Crippen LogP contribution in [0.25, 0.3) is 0 Å². The number of halogens is 6. The fourth-order valence-electron chi connectivity index (χ4n) is 0.902. The molecule has 0 aromatic rings. The van der Waals surface area contributed by atoms with E-state index in [-0.39, 0.29) is 4.90 Å². The van der Waals surface area contributed by atoms with E-state index in [0.717, 1.165) is 0 Å². The Labute approximate surface area is 98.5 Å². The zero-order chi connectivity index (χ0) is 13.9. The van der Waals surface area contributed by atoms with Gasteiger partial charge in [-0.3, -0.25) is 9.59 Å². The van der Waals surface area contributed by atoms with Crippen LogP contribution in [0, 0.1) is 0 Å². The van der Waals surface area contributed by atoms with Crippen LogP contribution in [0.15, 0.2) is 0 Å². The van der Waals surface area contributed by atoms with Gasteiger partial charge in [0.05, 0.1) is 12.4 Å². The summed E-state index contributed by atoms with van der Waals surface area (Å²) in [5.41, 5.74) is 0. The predicted molar refractivity (Wildman–Crippen MR) is 49.0 cm³/mol. The van der Waals surface area contributed by atoms with Crippen LogP contribution in [0.3, 0.4) is 0 Å². The standard InChI is InChI=1S/C8H9ClF5NO2/c1-2-15(4-5(16)3-9)6(17)7(10,11)8(12,13)14/h2-4H2,1H3. The maximum Gasteiger partial charge on any atom is 0.463 e. The first-order chi connectivity index (χ1) is 7.57. The molecule has 9 heteroatoms. The summed E-state index contributed by atoms with van der Waals surface area (Å²) in [5.74, 6) is -9.34. The molecule has 0 fully saturated rings. The summed E-state index contributed by atoms with van der Waals surface area (Å²) in [6, 6.07) is 0. The Bertz CT molecular complexity index is 305. The van der Waals surface area contributed by atoms with Crippen LogP contribution in [0.2, 0.25) is 0 Å². The predicted octanol–water partition coefficient (Wildman–Crippen LogP) is 1.84. The molecule has 100 valence electrons. The van der Waals surface area contributed by atoms with Crippen LogP contribution in [0.1, 0.15) is 6.92 Å². The Kier molecular flexibility index (Phi) is 5.31. The molecule has 0 aromatic heterocycles. The highest BCUT2D eigenvalue weighted by Crippen LogP contribution is 2.36. The molecule has 0 aliphatic carbocycles. The Balaban J connectivity index is 4.93. The van der Waals surface area contributed by atoms with Gasteiger partial charge in [-0.2, -0.15) is 22.0 Å². The summed E-state index contributed by atoms with van der Waals surface area (Å²) in [6.45, 7) is -0.149. The van der Waals surface area contributed by atoms with E-state index in [1.807, 2.05) is 0 Å². The fourth-order valence-corrected chi connectivity index (χ4v) is 0.987. The average molecular weight is 282 g/mol. The number of likely N-dealkylation sites (N-methyl/N-ethyl adjacent to an activating group) is 1. The maximum absolute atomic E-state index is 12.7. The summed E-state index contributed by atoms with van der Waals surface area (Å²) < 4.78 is 61.0. The molecule has 3 nitrogen and oxygen atoms in total. The van der Waals surface area contributed by atoms with E-state index in [1.54, 1.807) is 0 Å². The number of alkyl halides is 6. The van der Waals surface area contributed by atoms with Gasteiger partial charge in [0, 0.05) is 6.54 Å². The topological polar surface area (TPSA) is 37.4 Å². The minimum atomic E-state index is -5.98.